The second kappa shape index (κ2) is 7.49. The van der Waals surface area contributed by atoms with E-state index >= 15 is 0 Å². The lowest BCUT2D eigenvalue weighted by Gasteiger charge is -2.07. The highest BCUT2D eigenvalue weighted by Gasteiger charge is 2.09. The second-order valence-electron chi connectivity index (χ2n) is 4.04. The number of carbonyl (C=O) groups is 2. The summed E-state index contributed by atoms with van der Waals surface area (Å²) in [7, 11) is -3.56. The van der Waals surface area contributed by atoms with E-state index in [9.17, 15) is 18.0 Å². The number of hydrogen-bond acceptors (Lipinski definition) is 5. The monoisotopic (exact) mass is 300 g/mol. The molecule has 0 bridgehead atoms. The zero-order valence-corrected chi connectivity index (χ0v) is 11.8. The summed E-state index contributed by atoms with van der Waals surface area (Å²) in [5, 5.41) is 2.35. The average molecular weight is 300 g/mol. The van der Waals surface area contributed by atoms with Gasteiger partial charge in [-0.25, -0.2) is 13.2 Å². The normalized spacial score (nSPS) is 10.7. The molecule has 7 nitrogen and oxygen atoms in total. The van der Waals surface area contributed by atoms with Crippen molar-refractivity contribution in [3.05, 3.63) is 35.9 Å². The van der Waals surface area contributed by atoms with Gasteiger partial charge in [0.2, 0.25) is 15.9 Å². The Kier molecular flexibility index (Phi) is 5.98. The highest BCUT2D eigenvalue weighted by molar-refractivity contribution is 7.89. The summed E-state index contributed by atoms with van der Waals surface area (Å²) in [6.45, 7) is 0.122. The van der Waals surface area contributed by atoms with E-state index in [1.807, 2.05) is 30.3 Å². The molecule has 1 aromatic rings. The van der Waals surface area contributed by atoms with Gasteiger partial charge in [-0.15, -0.1) is 0 Å². The molecule has 0 atom stereocenters. The highest BCUT2D eigenvalue weighted by atomic mass is 32.2. The fourth-order valence-corrected chi connectivity index (χ4v) is 1.83. The van der Waals surface area contributed by atoms with E-state index in [-0.39, 0.29) is 19.6 Å². The molecule has 8 heteroatoms. The zero-order chi connectivity index (χ0) is 15.0. The summed E-state index contributed by atoms with van der Waals surface area (Å²) >= 11 is 0. The summed E-state index contributed by atoms with van der Waals surface area (Å²) in [6.07, 6.45) is 0.0703. The topological polar surface area (TPSA) is 102 Å². The molecule has 0 aliphatic carbocycles. The Morgan fingerprint density at radius 1 is 1.20 bits per heavy atom. The van der Waals surface area contributed by atoms with Crippen molar-refractivity contribution in [2.45, 2.75) is 13.0 Å². The molecular weight excluding hydrogens is 284 g/mol. The fraction of sp³-hybridized carbons (Fsp3) is 0.333. The van der Waals surface area contributed by atoms with Gasteiger partial charge in [-0.2, -0.15) is 0 Å². The van der Waals surface area contributed by atoms with Crippen LogP contribution in [0.1, 0.15) is 12.0 Å². The number of benzene rings is 1. The molecule has 20 heavy (non-hydrogen) atoms. The molecule has 0 unspecified atom stereocenters. The fourth-order valence-electron chi connectivity index (χ4n) is 1.31. The first kappa shape index (κ1) is 16.0. The van der Waals surface area contributed by atoms with Crippen molar-refractivity contribution in [1.82, 2.24) is 10.0 Å². The molecule has 0 saturated carbocycles. The van der Waals surface area contributed by atoms with Gasteiger partial charge in [0.05, 0.1) is 6.26 Å². The maximum absolute atomic E-state index is 11.3. The number of sulfonamides is 1. The maximum Gasteiger partial charge on any atom is 0.407 e. The van der Waals surface area contributed by atoms with Gasteiger partial charge in [-0.1, -0.05) is 30.3 Å². The molecule has 0 saturated heterocycles. The molecule has 110 valence electrons. The predicted octanol–water partition coefficient (Wildman–Crippen LogP) is 0.379. The molecule has 0 aliphatic heterocycles. The Bertz CT molecular complexity index is 556. The van der Waals surface area contributed by atoms with Crippen molar-refractivity contribution < 1.29 is 22.7 Å². The minimum Gasteiger partial charge on any atom is -0.445 e. The molecular formula is C12H16N2O5S. The third kappa shape index (κ3) is 7.37. The van der Waals surface area contributed by atoms with Crippen LogP contribution in [0.25, 0.3) is 0 Å². The van der Waals surface area contributed by atoms with Gasteiger partial charge in [-0.05, 0) is 5.56 Å². The smallest absolute Gasteiger partial charge is 0.407 e. The van der Waals surface area contributed by atoms with Gasteiger partial charge in [0.25, 0.3) is 0 Å². The molecule has 0 spiro atoms. The van der Waals surface area contributed by atoms with Crippen LogP contribution in [0, 0.1) is 0 Å². The van der Waals surface area contributed by atoms with E-state index in [2.05, 4.69) is 5.32 Å². The molecule has 0 heterocycles. The Morgan fingerprint density at radius 2 is 1.85 bits per heavy atom. The van der Waals surface area contributed by atoms with Crippen molar-refractivity contribution in [1.29, 1.82) is 0 Å². The first-order chi connectivity index (χ1) is 9.37. The first-order valence-electron chi connectivity index (χ1n) is 5.82. The third-order valence-electron chi connectivity index (χ3n) is 2.13. The number of rotatable bonds is 6. The third-order valence-corrected chi connectivity index (χ3v) is 2.73. The minimum absolute atomic E-state index is 0.00498. The van der Waals surface area contributed by atoms with Crippen LogP contribution in [0.5, 0.6) is 0 Å². The van der Waals surface area contributed by atoms with Crippen molar-refractivity contribution in [3.63, 3.8) is 0 Å². The number of carbonyl (C=O) groups excluding carboxylic acids is 2. The zero-order valence-electron chi connectivity index (χ0n) is 11.0. The Hall–Kier alpha value is -2.09. The Morgan fingerprint density at radius 3 is 2.45 bits per heavy atom. The SMILES string of the molecule is CS(=O)(=O)NC(=O)CCNC(=O)OCc1ccccc1. The largest absolute Gasteiger partial charge is 0.445 e. The number of amides is 2. The van der Waals surface area contributed by atoms with Crippen LogP contribution >= 0.6 is 0 Å². The summed E-state index contributed by atoms with van der Waals surface area (Å²) < 4.78 is 28.2. The van der Waals surface area contributed by atoms with Crippen LogP contribution < -0.4 is 10.0 Å². The Balaban J connectivity index is 2.19. The predicted molar refractivity (Wildman–Crippen MR) is 72.2 cm³/mol. The maximum atomic E-state index is 11.3. The van der Waals surface area contributed by atoms with Gasteiger partial charge in [0.15, 0.2) is 0 Å². The lowest BCUT2D eigenvalue weighted by atomic mass is 10.2. The summed E-state index contributed by atoms with van der Waals surface area (Å²) in [4.78, 5) is 22.4. The molecule has 2 N–H and O–H groups in total. The molecule has 0 radical (unpaired) electrons. The van der Waals surface area contributed by atoms with Crippen LogP contribution in [0.3, 0.4) is 0 Å². The quantitative estimate of drug-likeness (QED) is 0.791. The van der Waals surface area contributed by atoms with Gasteiger partial charge in [-0.3, -0.25) is 9.52 Å². The summed E-state index contributed by atoms with van der Waals surface area (Å²) in [5.41, 5.74) is 0.845. The van der Waals surface area contributed by atoms with Crippen molar-refractivity contribution >= 4 is 22.0 Å². The van der Waals surface area contributed by atoms with Gasteiger partial charge < -0.3 is 10.1 Å². The van der Waals surface area contributed by atoms with Gasteiger partial charge in [0, 0.05) is 13.0 Å². The van der Waals surface area contributed by atoms with Crippen LogP contribution in [0.2, 0.25) is 0 Å². The van der Waals surface area contributed by atoms with Crippen molar-refractivity contribution in [3.8, 4) is 0 Å². The van der Waals surface area contributed by atoms with Gasteiger partial charge in [0.1, 0.15) is 6.61 Å². The summed E-state index contributed by atoms with van der Waals surface area (Å²) in [6, 6.07) is 9.13. The molecule has 0 fully saturated rings. The molecule has 0 aliphatic rings. The van der Waals surface area contributed by atoms with Crippen LogP contribution in [0.4, 0.5) is 4.79 Å². The lowest BCUT2D eigenvalue weighted by Crippen LogP contribution is -2.33. The molecule has 1 rings (SSSR count). The highest BCUT2D eigenvalue weighted by Crippen LogP contribution is 2.00. The first-order valence-corrected chi connectivity index (χ1v) is 7.71. The van der Waals surface area contributed by atoms with Crippen LogP contribution in [-0.2, 0) is 26.2 Å². The minimum atomic E-state index is -3.56. The van der Waals surface area contributed by atoms with E-state index in [0.29, 0.717) is 0 Å². The molecule has 2 amide bonds. The lowest BCUT2D eigenvalue weighted by molar-refractivity contribution is -0.119. The van der Waals surface area contributed by atoms with E-state index in [0.717, 1.165) is 11.8 Å². The average Bonchev–Trinajstić information content (AvgIpc) is 2.35. The standard InChI is InChI=1S/C12H16N2O5S/c1-20(17,18)14-11(15)7-8-13-12(16)19-9-10-5-3-2-4-6-10/h2-6H,7-9H2,1H3,(H,13,16)(H,14,15). The van der Waals surface area contributed by atoms with Crippen molar-refractivity contribution in [2.24, 2.45) is 0 Å². The van der Waals surface area contributed by atoms with Crippen molar-refractivity contribution in [2.75, 3.05) is 12.8 Å². The number of hydrogen-bond donors (Lipinski definition) is 2. The van der Waals surface area contributed by atoms with E-state index < -0.39 is 22.0 Å². The van der Waals surface area contributed by atoms with E-state index in [1.165, 1.54) is 0 Å². The van der Waals surface area contributed by atoms with E-state index in [4.69, 9.17) is 4.74 Å². The van der Waals surface area contributed by atoms with Crippen LogP contribution in [0.15, 0.2) is 30.3 Å². The van der Waals surface area contributed by atoms with Crippen LogP contribution in [-0.4, -0.2) is 33.2 Å². The Labute approximate surface area is 117 Å². The second-order valence-corrected chi connectivity index (χ2v) is 5.78. The summed E-state index contributed by atoms with van der Waals surface area (Å²) in [5.74, 6) is -0.684. The number of ether oxygens (including phenoxy) is 1. The number of alkyl carbamates (subject to hydrolysis) is 1. The molecule has 0 aromatic heterocycles. The van der Waals surface area contributed by atoms with E-state index in [1.54, 1.807) is 4.72 Å². The number of nitrogens with one attached hydrogen (secondary N) is 2. The molecule has 1 aromatic carbocycles. The van der Waals surface area contributed by atoms with Gasteiger partial charge >= 0.3 is 6.09 Å².